The third-order valence-corrected chi connectivity index (χ3v) is 10.1. The van der Waals surface area contributed by atoms with Gasteiger partial charge in [0.1, 0.15) is 5.78 Å². The van der Waals surface area contributed by atoms with Crippen LogP contribution in [-0.2, 0) is 4.79 Å². The predicted octanol–water partition coefficient (Wildman–Crippen LogP) is 5.83. The van der Waals surface area contributed by atoms with Crippen molar-refractivity contribution >= 4 is 5.78 Å². The molecule has 4 nitrogen and oxygen atoms in total. The van der Waals surface area contributed by atoms with Crippen LogP contribution in [0, 0.1) is 28.6 Å². The van der Waals surface area contributed by atoms with Crippen LogP contribution in [-0.4, -0.2) is 39.4 Å². The molecule has 194 valence electrons. The fourth-order valence-corrected chi connectivity index (χ4v) is 7.50. The fraction of sp³-hybridized carbons (Fsp3) is 0.710. The molecule has 7 atom stereocenters. The summed E-state index contributed by atoms with van der Waals surface area (Å²) < 4.78 is 0. The first-order valence-electron chi connectivity index (χ1n) is 13.9. The highest BCUT2D eigenvalue weighted by Gasteiger charge is 2.50. The second kappa shape index (κ2) is 10.5. The van der Waals surface area contributed by atoms with Crippen molar-refractivity contribution in [2.24, 2.45) is 28.6 Å². The van der Waals surface area contributed by atoms with E-state index in [4.69, 9.17) is 0 Å². The number of hydrogen-bond acceptors (Lipinski definition) is 4. The summed E-state index contributed by atoms with van der Waals surface area (Å²) in [5.41, 5.74) is 3.36. The normalized spacial score (nSPS) is 38.6. The van der Waals surface area contributed by atoms with Gasteiger partial charge >= 0.3 is 0 Å². The van der Waals surface area contributed by atoms with Crippen LogP contribution in [0.4, 0.5) is 0 Å². The molecular weight excluding hydrogens is 436 g/mol. The maximum absolute atomic E-state index is 11.8. The molecule has 0 aromatic heterocycles. The van der Waals surface area contributed by atoms with Gasteiger partial charge in [-0.3, -0.25) is 4.79 Å². The highest BCUT2D eigenvalue weighted by molar-refractivity contribution is 5.84. The minimum Gasteiger partial charge on any atom is -0.393 e. The SMILES string of the molecule is C=C1/C(=C\C=C2/CCC[C@]3(C)[C@@H]([C@H](C)/C=C/[C@H](O)CCC4(C(C)=O)CC4)CC[C@@H]23)C[C@@H](O)C[C@@H]1O. The van der Waals surface area contributed by atoms with Gasteiger partial charge in [0.15, 0.2) is 0 Å². The van der Waals surface area contributed by atoms with E-state index in [1.807, 2.05) is 6.08 Å². The van der Waals surface area contributed by atoms with Crippen molar-refractivity contribution in [3.05, 3.63) is 47.6 Å². The molecule has 0 aromatic carbocycles. The van der Waals surface area contributed by atoms with Gasteiger partial charge in [-0.1, -0.05) is 50.3 Å². The number of carbonyl (C=O) groups is 1. The highest BCUT2D eigenvalue weighted by atomic mass is 16.3. The zero-order valence-corrected chi connectivity index (χ0v) is 22.0. The molecule has 4 heteroatoms. The van der Waals surface area contributed by atoms with E-state index in [1.54, 1.807) is 6.92 Å². The molecule has 0 aliphatic heterocycles. The van der Waals surface area contributed by atoms with Crippen molar-refractivity contribution in [1.29, 1.82) is 0 Å². The molecule has 4 fully saturated rings. The van der Waals surface area contributed by atoms with Crippen LogP contribution in [0.2, 0.25) is 0 Å². The predicted molar refractivity (Wildman–Crippen MR) is 141 cm³/mol. The summed E-state index contributed by atoms with van der Waals surface area (Å²) in [5, 5.41) is 30.8. The fourth-order valence-electron chi connectivity index (χ4n) is 7.50. The molecule has 3 N–H and O–H groups in total. The van der Waals surface area contributed by atoms with Gasteiger partial charge in [-0.2, -0.15) is 0 Å². The van der Waals surface area contributed by atoms with Crippen LogP contribution in [0.25, 0.3) is 0 Å². The lowest BCUT2D eigenvalue weighted by atomic mass is 9.61. The average Bonchev–Trinajstić information content (AvgIpc) is 3.52. The van der Waals surface area contributed by atoms with Crippen LogP contribution < -0.4 is 0 Å². The minimum absolute atomic E-state index is 0.132. The first kappa shape index (κ1) is 26.6. The topological polar surface area (TPSA) is 77.8 Å². The molecule has 4 aliphatic rings. The van der Waals surface area contributed by atoms with Gasteiger partial charge in [-0.05, 0) is 105 Å². The van der Waals surface area contributed by atoms with Crippen LogP contribution in [0.3, 0.4) is 0 Å². The van der Waals surface area contributed by atoms with E-state index in [0.717, 1.165) is 36.8 Å². The Morgan fingerprint density at radius 2 is 1.91 bits per heavy atom. The maximum Gasteiger partial charge on any atom is 0.135 e. The lowest BCUT2D eigenvalue weighted by Gasteiger charge is -2.44. The summed E-state index contributed by atoms with van der Waals surface area (Å²) >= 11 is 0. The van der Waals surface area contributed by atoms with Gasteiger partial charge in [0, 0.05) is 11.8 Å². The summed E-state index contributed by atoms with van der Waals surface area (Å²) in [6.07, 6.45) is 17.3. The van der Waals surface area contributed by atoms with E-state index in [2.05, 4.69) is 38.7 Å². The lowest BCUT2D eigenvalue weighted by Crippen LogP contribution is -2.35. The number of allylic oxidation sites excluding steroid dienone is 4. The van der Waals surface area contributed by atoms with E-state index in [-0.39, 0.29) is 16.6 Å². The summed E-state index contributed by atoms with van der Waals surface area (Å²) in [4.78, 5) is 11.8. The van der Waals surface area contributed by atoms with Crippen molar-refractivity contribution in [1.82, 2.24) is 0 Å². The van der Waals surface area contributed by atoms with E-state index < -0.39 is 18.3 Å². The van der Waals surface area contributed by atoms with Crippen molar-refractivity contribution < 1.29 is 20.1 Å². The second-order valence-corrected chi connectivity index (χ2v) is 12.4. The lowest BCUT2D eigenvalue weighted by molar-refractivity contribution is -0.122. The number of ketones is 1. The quantitative estimate of drug-likeness (QED) is 0.380. The average molecular weight is 483 g/mol. The Balaban J connectivity index is 1.39. The van der Waals surface area contributed by atoms with E-state index in [1.165, 1.54) is 31.3 Å². The van der Waals surface area contributed by atoms with Gasteiger partial charge in [0.05, 0.1) is 18.3 Å². The monoisotopic (exact) mass is 482 g/mol. The van der Waals surface area contributed by atoms with Gasteiger partial charge < -0.3 is 15.3 Å². The summed E-state index contributed by atoms with van der Waals surface area (Å²) in [7, 11) is 0. The smallest absolute Gasteiger partial charge is 0.135 e. The van der Waals surface area contributed by atoms with Gasteiger partial charge in [-0.15, -0.1) is 0 Å². The molecular formula is C31H46O4. The van der Waals surface area contributed by atoms with Crippen molar-refractivity contribution in [3.8, 4) is 0 Å². The standard InChI is InChI=1S/C31H46O4/c1-20(7-10-25(33)13-15-31(16-17-31)22(3)32)27-11-12-28-23(6-5-14-30(27,28)4)8-9-24-18-26(34)19-29(35)21(24)2/h7-10,20,25-29,33-35H,2,5-6,11-19H2,1,3-4H3/b10-7+,23-8+,24-9-/t20-,25+,26-,27-,28+,29+,30-/m1/s1. The number of Topliss-reactive ketones (excluding diaryl/α,β-unsaturated/α-hetero) is 1. The first-order chi connectivity index (χ1) is 16.6. The number of aliphatic hydroxyl groups is 3. The maximum atomic E-state index is 11.8. The largest absolute Gasteiger partial charge is 0.393 e. The summed E-state index contributed by atoms with van der Waals surface area (Å²) in [6.45, 7) is 10.5. The highest BCUT2D eigenvalue weighted by Crippen LogP contribution is 2.59. The molecule has 4 saturated carbocycles. The minimum atomic E-state index is -0.642. The van der Waals surface area contributed by atoms with E-state index >= 15 is 0 Å². The zero-order chi connectivity index (χ0) is 25.4. The Labute approximate surface area is 211 Å². The first-order valence-corrected chi connectivity index (χ1v) is 13.9. The molecule has 0 spiro atoms. The number of fused-ring (bicyclic) bond motifs is 1. The van der Waals surface area contributed by atoms with Crippen LogP contribution in [0.5, 0.6) is 0 Å². The Kier molecular flexibility index (Phi) is 7.95. The number of carbonyl (C=O) groups excluding carboxylic acids is 1. The molecule has 0 amide bonds. The Morgan fingerprint density at radius 3 is 2.60 bits per heavy atom. The molecule has 0 unspecified atom stereocenters. The van der Waals surface area contributed by atoms with Crippen molar-refractivity contribution in [2.75, 3.05) is 0 Å². The van der Waals surface area contributed by atoms with E-state index in [0.29, 0.717) is 37.0 Å². The van der Waals surface area contributed by atoms with E-state index in [9.17, 15) is 20.1 Å². The molecule has 0 saturated heterocycles. The Hall–Kier alpha value is -1.49. The van der Waals surface area contributed by atoms with Crippen molar-refractivity contribution in [2.45, 2.75) is 110 Å². The van der Waals surface area contributed by atoms with Gasteiger partial charge in [0.25, 0.3) is 0 Å². The van der Waals surface area contributed by atoms with Crippen LogP contribution in [0.15, 0.2) is 47.6 Å². The molecule has 0 radical (unpaired) electrons. The third-order valence-electron chi connectivity index (χ3n) is 10.1. The second-order valence-electron chi connectivity index (χ2n) is 12.4. The Morgan fingerprint density at radius 1 is 1.17 bits per heavy atom. The molecule has 35 heavy (non-hydrogen) atoms. The zero-order valence-electron chi connectivity index (χ0n) is 22.0. The summed E-state index contributed by atoms with van der Waals surface area (Å²) in [5.74, 6) is 1.84. The van der Waals surface area contributed by atoms with Gasteiger partial charge in [-0.25, -0.2) is 0 Å². The summed E-state index contributed by atoms with van der Waals surface area (Å²) in [6, 6.07) is 0. The Bertz CT molecular complexity index is 907. The molecule has 4 rings (SSSR count). The third kappa shape index (κ3) is 5.60. The molecule has 0 bridgehead atoms. The molecule has 4 aliphatic carbocycles. The van der Waals surface area contributed by atoms with Crippen molar-refractivity contribution in [3.63, 3.8) is 0 Å². The number of rotatable bonds is 8. The van der Waals surface area contributed by atoms with Crippen LogP contribution >= 0.6 is 0 Å². The number of hydrogen-bond donors (Lipinski definition) is 3. The number of aliphatic hydroxyl groups excluding tert-OH is 3. The molecule has 0 aromatic rings. The molecule has 0 heterocycles. The van der Waals surface area contributed by atoms with Crippen LogP contribution in [0.1, 0.15) is 91.4 Å². The van der Waals surface area contributed by atoms with Gasteiger partial charge in [0.2, 0.25) is 0 Å².